The van der Waals surface area contributed by atoms with Crippen LogP contribution in [0.4, 0.5) is 4.39 Å². The van der Waals surface area contributed by atoms with Crippen LogP contribution in [-0.2, 0) is 9.53 Å². The normalized spacial score (nSPS) is 16.0. The van der Waals surface area contributed by atoms with Crippen molar-refractivity contribution in [2.75, 3.05) is 6.61 Å². The Morgan fingerprint density at radius 2 is 2.08 bits per heavy atom. The van der Waals surface area contributed by atoms with E-state index in [0.717, 1.165) is 6.07 Å². The van der Waals surface area contributed by atoms with E-state index < -0.39 is 34.8 Å². The first-order chi connectivity index (χ1) is 12.3. The Bertz CT molecular complexity index is 1020. The number of fused-ring (bicyclic) bond motifs is 1. The molecule has 0 aliphatic carbocycles. The van der Waals surface area contributed by atoms with Gasteiger partial charge in [0.25, 0.3) is 5.56 Å². The zero-order chi connectivity index (χ0) is 19.0. The number of aromatic amines is 2. The van der Waals surface area contributed by atoms with Gasteiger partial charge in [0.05, 0.1) is 18.1 Å². The summed E-state index contributed by atoms with van der Waals surface area (Å²) in [5, 5.41) is -0.0388. The molecule has 0 unspecified atom stereocenters. The number of carbonyl (C=O) groups is 1. The SMILES string of the molecule is CCOC(=O)C1=C(N)Oc2[nH]c(=O)[nH]c(=O)c2[C@@H]1c1c(F)cccc1Cl. The molecule has 1 aliphatic rings. The van der Waals surface area contributed by atoms with Crippen LogP contribution in [0.5, 0.6) is 5.88 Å². The van der Waals surface area contributed by atoms with Gasteiger partial charge < -0.3 is 15.2 Å². The summed E-state index contributed by atoms with van der Waals surface area (Å²) >= 11 is 6.13. The molecule has 4 N–H and O–H groups in total. The zero-order valence-corrected chi connectivity index (χ0v) is 14.1. The van der Waals surface area contributed by atoms with Gasteiger partial charge in [0, 0.05) is 10.6 Å². The number of aromatic nitrogens is 2. The molecular weight excluding hydrogens is 369 g/mol. The van der Waals surface area contributed by atoms with Gasteiger partial charge in [-0.05, 0) is 19.1 Å². The van der Waals surface area contributed by atoms with Crippen molar-refractivity contribution >= 4 is 17.6 Å². The molecule has 0 saturated heterocycles. The summed E-state index contributed by atoms with van der Waals surface area (Å²) in [6, 6.07) is 3.89. The Morgan fingerprint density at radius 3 is 2.73 bits per heavy atom. The molecule has 1 aromatic heterocycles. The smallest absolute Gasteiger partial charge is 0.340 e. The van der Waals surface area contributed by atoms with Crippen molar-refractivity contribution in [1.82, 2.24) is 9.97 Å². The molecule has 8 nitrogen and oxygen atoms in total. The van der Waals surface area contributed by atoms with E-state index in [0.29, 0.717) is 0 Å². The average Bonchev–Trinajstić information content (AvgIpc) is 2.53. The molecule has 0 radical (unpaired) electrons. The van der Waals surface area contributed by atoms with Crippen molar-refractivity contribution in [1.29, 1.82) is 0 Å². The van der Waals surface area contributed by atoms with Crippen molar-refractivity contribution in [3.63, 3.8) is 0 Å². The van der Waals surface area contributed by atoms with Crippen molar-refractivity contribution in [2.45, 2.75) is 12.8 Å². The molecule has 0 amide bonds. The predicted molar refractivity (Wildman–Crippen MR) is 89.4 cm³/mol. The van der Waals surface area contributed by atoms with Crippen LogP contribution in [0.15, 0.2) is 39.2 Å². The number of nitrogens with two attached hydrogens (primary N) is 1. The molecule has 1 aliphatic heterocycles. The number of hydrogen-bond acceptors (Lipinski definition) is 6. The minimum absolute atomic E-state index is 0.0160. The average molecular weight is 382 g/mol. The largest absolute Gasteiger partial charge is 0.462 e. The van der Waals surface area contributed by atoms with Crippen LogP contribution in [0.3, 0.4) is 0 Å². The summed E-state index contributed by atoms with van der Waals surface area (Å²) in [4.78, 5) is 40.6. The van der Waals surface area contributed by atoms with E-state index in [1.807, 2.05) is 4.98 Å². The minimum atomic E-state index is -1.33. The molecule has 10 heteroatoms. The molecule has 0 saturated carbocycles. The summed E-state index contributed by atoms with van der Waals surface area (Å²) in [5.74, 6) is -3.72. The fourth-order valence-corrected chi connectivity index (χ4v) is 3.04. The lowest BCUT2D eigenvalue weighted by molar-refractivity contribution is -0.139. The second-order valence-electron chi connectivity index (χ2n) is 5.32. The lowest BCUT2D eigenvalue weighted by Crippen LogP contribution is -2.36. The van der Waals surface area contributed by atoms with Gasteiger partial charge >= 0.3 is 11.7 Å². The molecular formula is C16H13ClFN3O5. The second-order valence-corrected chi connectivity index (χ2v) is 5.73. The number of hydrogen-bond donors (Lipinski definition) is 3. The van der Waals surface area contributed by atoms with E-state index in [1.54, 1.807) is 6.92 Å². The molecule has 26 heavy (non-hydrogen) atoms. The van der Waals surface area contributed by atoms with Gasteiger partial charge in [-0.25, -0.2) is 14.0 Å². The molecule has 0 spiro atoms. The van der Waals surface area contributed by atoms with Crippen LogP contribution in [0.25, 0.3) is 0 Å². The third-order valence-corrected chi connectivity index (χ3v) is 4.11. The lowest BCUT2D eigenvalue weighted by Gasteiger charge is -2.27. The molecule has 0 bridgehead atoms. The number of H-pyrrole nitrogens is 2. The Morgan fingerprint density at radius 1 is 1.35 bits per heavy atom. The maximum Gasteiger partial charge on any atom is 0.340 e. The van der Waals surface area contributed by atoms with E-state index >= 15 is 0 Å². The van der Waals surface area contributed by atoms with Gasteiger partial charge in [0.1, 0.15) is 11.4 Å². The van der Waals surface area contributed by atoms with Gasteiger partial charge in [-0.3, -0.25) is 14.8 Å². The van der Waals surface area contributed by atoms with Crippen molar-refractivity contribution in [3.05, 3.63) is 72.5 Å². The van der Waals surface area contributed by atoms with E-state index in [1.165, 1.54) is 12.1 Å². The Balaban J connectivity index is 2.37. The number of ether oxygens (including phenoxy) is 2. The first-order valence-corrected chi connectivity index (χ1v) is 7.88. The van der Waals surface area contributed by atoms with E-state index in [-0.39, 0.29) is 34.2 Å². The number of carbonyl (C=O) groups excluding carboxylic acids is 1. The van der Waals surface area contributed by atoms with E-state index in [9.17, 15) is 18.8 Å². The van der Waals surface area contributed by atoms with Gasteiger partial charge in [-0.2, -0.15) is 0 Å². The molecule has 136 valence electrons. The van der Waals surface area contributed by atoms with Crippen LogP contribution >= 0.6 is 11.6 Å². The second kappa shape index (κ2) is 6.68. The van der Waals surface area contributed by atoms with E-state index in [4.69, 9.17) is 26.8 Å². The van der Waals surface area contributed by atoms with Crippen molar-refractivity contribution in [2.24, 2.45) is 5.73 Å². The summed E-state index contributed by atoms with van der Waals surface area (Å²) < 4.78 is 24.7. The Hall–Kier alpha value is -3.07. The zero-order valence-electron chi connectivity index (χ0n) is 13.4. The van der Waals surface area contributed by atoms with Crippen molar-refractivity contribution in [3.8, 4) is 5.88 Å². The number of halogens is 2. The number of rotatable bonds is 3. The predicted octanol–water partition coefficient (Wildman–Crippen LogP) is 1.11. The maximum atomic E-state index is 14.6. The highest BCUT2D eigenvalue weighted by molar-refractivity contribution is 6.31. The fraction of sp³-hybridized carbons (Fsp3) is 0.188. The first kappa shape index (κ1) is 17.7. The third-order valence-electron chi connectivity index (χ3n) is 3.78. The highest BCUT2D eigenvalue weighted by Gasteiger charge is 2.40. The molecule has 1 aromatic carbocycles. The lowest BCUT2D eigenvalue weighted by atomic mass is 9.84. The van der Waals surface area contributed by atoms with Crippen LogP contribution in [-0.4, -0.2) is 22.5 Å². The highest BCUT2D eigenvalue weighted by atomic mass is 35.5. The Kier molecular flexibility index (Phi) is 4.56. The number of benzene rings is 1. The topological polar surface area (TPSA) is 127 Å². The van der Waals surface area contributed by atoms with Gasteiger partial charge in [0.2, 0.25) is 11.8 Å². The Labute approximate surface area is 150 Å². The minimum Gasteiger partial charge on any atom is -0.462 e. The molecule has 0 fully saturated rings. The summed E-state index contributed by atoms with van der Waals surface area (Å²) in [6.45, 7) is 1.59. The molecule has 1 atom stereocenters. The monoisotopic (exact) mass is 381 g/mol. The summed E-state index contributed by atoms with van der Waals surface area (Å²) in [6.07, 6.45) is 0. The third kappa shape index (κ3) is 2.86. The molecule has 2 heterocycles. The summed E-state index contributed by atoms with van der Waals surface area (Å²) in [7, 11) is 0. The molecule has 2 aromatic rings. The van der Waals surface area contributed by atoms with Crippen LogP contribution in [0.1, 0.15) is 24.0 Å². The van der Waals surface area contributed by atoms with Gasteiger partial charge in [-0.1, -0.05) is 17.7 Å². The highest BCUT2D eigenvalue weighted by Crippen LogP contribution is 2.42. The number of nitrogens with one attached hydrogen (secondary N) is 2. The number of esters is 1. The first-order valence-electron chi connectivity index (χ1n) is 7.50. The quantitative estimate of drug-likeness (QED) is 0.683. The molecule has 3 rings (SSSR count). The van der Waals surface area contributed by atoms with Gasteiger partial charge in [-0.15, -0.1) is 0 Å². The summed E-state index contributed by atoms with van der Waals surface area (Å²) in [5.41, 5.74) is 3.42. The fourth-order valence-electron chi connectivity index (χ4n) is 2.77. The van der Waals surface area contributed by atoms with Crippen LogP contribution < -0.4 is 21.7 Å². The van der Waals surface area contributed by atoms with Crippen LogP contribution in [0, 0.1) is 5.82 Å². The van der Waals surface area contributed by atoms with E-state index in [2.05, 4.69) is 4.98 Å². The standard InChI is InChI=1S/C16H13ClFN3O5/c1-2-25-15(23)10-9(8-6(17)4-3-5-7(8)18)11-13(22)20-16(24)21-14(11)26-12(10)19/h3-5,9H,2,19H2,1H3,(H2,20,21,22,24)/t9-/m1/s1. The van der Waals surface area contributed by atoms with Crippen molar-refractivity contribution < 1.29 is 18.7 Å². The maximum absolute atomic E-state index is 14.6. The van der Waals surface area contributed by atoms with Crippen LogP contribution in [0.2, 0.25) is 5.02 Å². The van der Waals surface area contributed by atoms with Gasteiger partial charge in [0.15, 0.2) is 0 Å².